The van der Waals surface area contributed by atoms with E-state index < -0.39 is 12.4 Å². The van der Waals surface area contributed by atoms with Crippen LogP contribution in [-0.4, -0.2) is 10.2 Å². The molecule has 1 aromatic rings. The van der Waals surface area contributed by atoms with Crippen LogP contribution in [0, 0.1) is 6.85 Å². The summed E-state index contributed by atoms with van der Waals surface area (Å²) in [5.41, 5.74) is -0.505. The van der Waals surface area contributed by atoms with Crippen molar-refractivity contribution in [3.05, 3.63) is 28.2 Å². The first-order chi connectivity index (χ1) is 5.00. The van der Waals surface area contributed by atoms with Gasteiger partial charge >= 0.3 is 0 Å². The van der Waals surface area contributed by atoms with E-state index in [0.717, 1.165) is 6.07 Å². The van der Waals surface area contributed by atoms with Gasteiger partial charge in [0.1, 0.15) is 0 Å². The van der Waals surface area contributed by atoms with E-state index >= 15 is 0 Å². The first-order valence-electron chi connectivity index (χ1n) is 3.56. The van der Waals surface area contributed by atoms with Gasteiger partial charge in [-0.3, -0.25) is 4.79 Å². The maximum absolute atomic E-state index is 10.4. The number of hydrogen-bond acceptors (Lipinski definition) is 2. The summed E-state index contributed by atoms with van der Waals surface area (Å²) >= 11 is 0. The van der Waals surface area contributed by atoms with Gasteiger partial charge in [0, 0.05) is 10.2 Å². The minimum atomic E-state index is -2.25. The molecule has 8 heavy (non-hydrogen) atoms. The third kappa shape index (κ3) is 0.932. The molecule has 0 aliphatic carbocycles. The summed E-state index contributed by atoms with van der Waals surface area (Å²) in [6, 6.07) is 2.32. The van der Waals surface area contributed by atoms with Crippen LogP contribution in [0.5, 0.6) is 0 Å². The van der Waals surface area contributed by atoms with E-state index in [-0.39, 0.29) is 5.69 Å². The molecule has 0 aliphatic rings. The summed E-state index contributed by atoms with van der Waals surface area (Å²) in [5, 5.41) is 5.39. The fraction of sp³-hybridized carbons (Fsp3) is 0.200. The average Bonchev–Trinajstić information content (AvgIpc) is 1.86. The van der Waals surface area contributed by atoms with Gasteiger partial charge in [-0.15, -0.1) is 0 Å². The van der Waals surface area contributed by atoms with Gasteiger partial charge in [0.2, 0.25) is 0 Å². The van der Waals surface area contributed by atoms with Crippen LogP contribution in [-0.2, 0) is 0 Å². The van der Waals surface area contributed by atoms with E-state index in [0.29, 0.717) is 0 Å². The first kappa shape index (κ1) is 2.44. The molecule has 0 aromatic carbocycles. The molecule has 3 heteroatoms. The molecular formula is C5H6N2O. The van der Waals surface area contributed by atoms with Crippen molar-refractivity contribution in [3.8, 4) is 0 Å². The number of rotatable bonds is 0. The number of H-pyrrole nitrogens is 1. The number of aryl methyl sites for hydroxylation is 1. The lowest BCUT2D eigenvalue weighted by atomic mass is 10.4. The van der Waals surface area contributed by atoms with Crippen molar-refractivity contribution in [2.45, 2.75) is 6.85 Å². The molecule has 0 unspecified atom stereocenters. The lowest BCUT2D eigenvalue weighted by molar-refractivity contribution is 0.946. The van der Waals surface area contributed by atoms with Crippen molar-refractivity contribution in [1.29, 1.82) is 0 Å². The van der Waals surface area contributed by atoms with Gasteiger partial charge in [-0.1, -0.05) is 0 Å². The van der Waals surface area contributed by atoms with Gasteiger partial charge in [-0.2, -0.15) is 5.10 Å². The molecule has 1 aromatic heterocycles. The highest BCUT2D eigenvalue weighted by atomic mass is 16.1. The summed E-state index contributed by atoms with van der Waals surface area (Å²) in [7, 11) is 0. The third-order valence-corrected chi connectivity index (χ3v) is 0.679. The molecule has 1 rings (SSSR count). The van der Waals surface area contributed by atoms with E-state index in [1.54, 1.807) is 0 Å². The normalized spacial score (nSPS) is 16.2. The maximum atomic E-state index is 10.4. The standard InChI is InChI=1S/C5H6N2O/c1-4-2-3-5(8)7-6-4/h2-3H,1H3,(H,7,8)/i1D3. The van der Waals surface area contributed by atoms with Crippen molar-refractivity contribution in [2.24, 2.45) is 0 Å². The van der Waals surface area contributed by atoms with E-state index in [2.05, 4.69) is 5.10 Å². The Morgan fingerprint density at radius 3 is 3.25 bits per heavy atom. The summed E-state index contributed by atoms with van der Waals surface area (Å²) in [6.45, 7) is -2.25. The fourth-order valence-electron chi connectivity index (χ4n) is 0.344. The van der Waals surface area contributed by atoms with Crippen molar-refractivity contribution < 1.29 is 4.11 Å². The molecule has 0 aliphatic heterocycles. The molecule has 0 amide bonds. The number of nitrogens with one attached hydrogen (secondary N) is 1. The Balaban J connectivity index is 3.09. The molecule has 0 atom stereocenters. The molecule has 1 heterocycles. The lowest BCUT2D eigenvalue weighted by Gasteiger charge is -1.82. The highest BCUT2D eigenvalue weighted by Crippen LogP contribution is 1.78. The molecule has 0 fully saturated rings. The molecule has 1 N–H and O–H groups in total. The van der Waals surface area contributed by atoms with Crippen LogP contribution < -0.4 is 5.56 Å². The van der Waals surface area contributed by atoms with Crippen molar-refractivity contribution in [3.63, 3.8) is 0 Å². The number of hydrogen-bond donors (Lipinski definition) is 1. The molecular weight excluding hydrogens is 104 g/mol. The van der Waals surface area contributed by atoms with Gasteiger partial charge < -0.3 is 0 Å². The van der Waals surface area contributed by atoms with Crippen molar-refractivity contribution in [2.75, 3.05) is 0 Å². The summed E-state index contributed by atoms with van der Waals surface area (Å²) in [4.78, 5) is 10.4. The highest BCUT2D eigenvalue weighted by Gasteiger charge is 1.80. The molecule has 0 radical (unpaired) electrons. The zero-order chi connectivity index (χ0) is 8.48. The Hall–Kier alpha value is -1.12. The summed E-state index contributed by atoms with van der Waals surface area (Å²) in [5.74, 6) is 0. The van der Waals surface area contributed by atoms with Crippen molar-refractivity contribution in [1.82, 2.24) is 10.2 Å². The van der Waals surface area contributed by atoms with Crippen LogP contribution >= 0.6 is 0 Å². The van der Waals surface area contributed by atoms with Crippen LogP contribution in [0.15, 0.2) is 16.9 Å². The number of nitrogens with zero attached hydrogens (tertiary/aromatic N) is 1. The van der Waals surface area contributed by atoms with Crippen LogP contribution in [0.1, 0.15) is 9.81 Å². The summed E-state index contributed by atoms with van der Waals surface area (Å²) < 4.78 is 20.7. The molecule has 3 nitrogen and oxygen atoms in total. The second-order valence-electron chi connectivity index (χ2n) is 1.31. The summed E-state index contributed by atoms with van der Waals surface area (Å²) in [6.07, 6.45) is 0. The molecule has 0 saturated heterocycles. The third-order valence-electron chi connectivity index (χ3n) is 0.679. The van der Waals surface area contributed by atoms with E-state index in [1.807, 2.05) is 5.10 Å². The SMILES string of the molecule is [2H]C([2H])([2H])c1ccc(=O)[nH]n1. The second-order valence-corrected chi connectivity index (χ2v) is 1.31. The lowest BCUT2D eigenvalue weighted by Crippen LogP contribution is -2.05. The zero-order valence-electron chi connectivity index (χ0n) is 7.01. The van der Waals surface area contributed by atoms with Crippen LogP contribution in [0.25, 0.3) is 0 Å². The Morgan fingerprint density at radius 1 is 1.88 bits per heavy atom. The van der Waals surface area contributed by atoms with Crippen molar-refractivity contribution >= 4 is 0 Å². The van der Waals surface area contributed by atoms with Gasteiger partial charge in [0.15, 0.2) is 0 Å². The smallest absolute Gasteiger partial charge is 0.264 e. The van der Waals surface area contributed by atoms with E-state index in [4.69, 9.17) is 4.11 Å². The Kier molecular flexibility index (Phi) is 0.541. The van der Waals surface area contributed by atoms with Gasteiger partial charge in [0.25, 0.3) is 5.56 Å². The Morgan fingerprint density at radius 2 is 2.75 bits per heavy atom. The van der Waals surface area contributed by atoms with Crippen LogP contribution in [0.2, 0.25) is 0 Å². The quantitative estimate of drug-likeness (QED) is 0.517. The molecule has 0 spiro atoms. The topological polar surface area (TPSA) is 45.8 Å². The zero-order valence-corrected chi connectivity index (χ0v) is 4.01. The van der Waals surface area contributed by atoms with E-state index in [9.17, 15) is 4.79 Å². The molecule has 0 saturated carbocycles. The first-order valence-corrected chi connectivity index (χ1v) is 2.06. The molecule has 42 valence electrons. The maximum Gasteiger partial charge on any atom is 0.264 e. The molecule has 0 bridgehead atoms. The predicted octanol–water partition coefficient (Wildman–Crippen LogP) is 0.0783. The highest BCUT2D eigenvalue weighted by molar-refractivity contribution is 4.95. The van der Waals surface area contributed by atoms with Crippen LogP contribution in [0.4, 0.5) is 0 Å². The van der Waals surface area contributed by atoms with Gasteiger partial charge in [0.05, 0.1) is 5.69 Å². The largest absolute Gasteiger partial charge is 0.268 e. The minimum Gasteiger partial charge on any atom is -0.268 e. The van der Waals surface area contributed by atoms with Gasteiger partial charge in [-0.05, 0) is 12.9 Å². The predicted molar refractivity (Wildman–Crippen MR) is 29.6 cm³/mol. The van der Waals surface area contributed by atoms with Gasteiger partial charge in [-0.25, -0.2) is 5.10 Å². The Bertz CT molecular complexity index is 283. The fourth-order valence-corrected chi connectivity index (χ4v) is 0.344. The average molecular weight is 113 g/mol. The number of aromatic amines is 1. The second kappa shape index (κ2) is 1.78. The monoisotopic (exact) mass is 113 g/mol. The van der Waals surface area contributed by atoms with Crippen LogP contribution in [0.3, 0.4) is 0 Å². The minimum absolute atomic E-state index is 0.0999. The number of aromatic nitrogens is 2. The Labute approximate surface area is 50.6 Å². The van der Waals surface area contributed by atoms with E-state index in [1.165, 1.54) is 6.07 Å².